The van der Waals surface area contributed by atoms with Crippen LogP contribution in [0.25, 0.3) is 11.2 Å². The number of hydrogen-bond acceptors (Lipinski definition) is 4. The van der Waals surface area contributed by atoms with Gasteiger partial charge in [0.2, 0.25) is 11.7 Å². The normalized spacial score (nSPS) is 12.0. The highest BCUT2D eigenvalue weighted by atomic mass is 19.4. The van der Waals surface area contributed by atoms with Gasteiger partial charge in [-0.2, -0.15) is 18.2 Å². The van der Waals surface area contributed by atoms with Crippen molar-refractivity contribution < 1.29 is 18.3 Å². The first-order valence-corrected chi connectivity index (χ1v) is 5.98. The monoisotopic (exact) mass is 294 g/mol. The van der Waals surface area contributed by atoms with Crippen LogP contribution in [0.1, 0.15) is 11.4 Å². The standard InChI is InChI=1S/C13H9F3N4O/c14-13(15,16)12-19-9-10(17-7-18-11(9)21)20(12)6-8-4-2-1-3-5-8/h1-5,7H,6H2,(H,17,18,21). The van der Waals surface area contributed by atoms with Gasteiger partial charge in [0.05, 0.1) is 6.54 Å². The van der Waals surface area contributed by atoms with E-state index in [9.17, 15) is 18.3 Å². The molecule has 0 radical (unpaired) electrons. The zero-order valence-corrected chi connectivity index (χ0v) is 10.5. The third kappa shape index (κ3) is 2.39. The van der Waals surface area contributed by atoms with Crippen LogP contribution in [0.3, 0.4) is 0 Å². The minimum atomic E-state index is -4.65. The molecule has 1 aromatic carbocycles. The van der Waals surface area contributed by atoms with Crippen molar-refractivity contribution in [3.05, 3.63) is 48.0 Å². The van der Waals surface area contributed by atoms with Gasteiger partial charge >= 0.3 is 6.18 Å². The fourth-order valence-electron chi connectivity index (χ4n) is 2.06. The highest BCUT2D eigenvalue weighted by Crippen LogP contribution is 2.33. The maximum absolute atomic E-state index is 13.1. The van der Waals surface area contributed by atoms with Crippen LogP contribution >= 0.6 is 0 Å². The Bertz CT molecular complexity index is 783. The number of halogens is 3. The third-order valence-corrected chi connectivity index (χ3v) is 2.95. The molecule has 0 aliphatic carbocycles. The molecule has 0 aliphatic rings. The van der Waals surface area contributed by atoms with E-state index in [1.165, 1.54) is 0 Å². The van der Waals surface area contributed by atoms with Crippen molar-refractivity contribution in [1.29, 1.82) is 0 Å². The molecule has 0 fully saturated rings. The number of aromatic nitrogens is 4. The van der Waals surface area contributed by atoms with Crippen LogP contribution in [0, 0.1) is 0 Å². The number of rotatable bonds is 2. The number of benzene rings is 1. The highest BCUT2D eigenvalue weighted by molar-refractivity contribution is 5.76. The lowest BCUT2D eigenvalue weighted by Crippen LogP contribution is -2.15. The number of hydrogen-bond donors (Lipinski definition) is 1. The second-order valence-electron chi connectivity index (χ2n) is 4.37. The zero-order valence-electron chi connectivity index (χ0n) is 10.5. The van der Waals surface area contributed by atoms with E-state index in [0.717, 1.165) is 10.9 Å². The summed E-state index contributed by atoms with van der Waals surface area (Å²) in [5, 5.41) is 9.55. The molecule has 8 heteroatoms. The molecule has 3 aromatic rings. The van der Waals surface area contributed by atoms with E-state index in [2.05, 4.69) is 15.0 Å². The molecule has 0 amide bonds. The van der Waals surface area contributed by atoms with Gasteiger partial charge in [0.15, 0.2) is 11.2 Å². The number of fused-ring (bicyclic) bond motifs is 1. The van der Waals surface area contributed by atoms with Gasteiger partial charge in [-0.15, -0.1) is 0 Å². The molecule has 0 atom stereocenters. The van der Waals surface area contributed by atoms with Crippen LogP contribution < -0.4 is 0 Å². The van der Waals surface area contributed by atoms with Crippen molar-refractivity contribution in [2.45, 2.75) is 12.7 Å². The van der Waals surface area contributed by atoms with Gasteiger partial charge in [0.25, 0.3) is 0 Å². The number of imidazole rings is 1. The van der Waals surface area contributed by atoms with Gasteiger partial charge in [0, 0.05) is 0 Å². The molecule has 3 rings (SSSR count). The Morgan fingerprint density at radius 3 is 2.48 bits per heavy atom. The van der Waals surface area contributed by atoms with Crippen molar-refractivity contribution in [1.82, 2.24) is 19.5 Å². The summed E-state index contributed by atoms with van der Waals surface area (Å²) < 4.78 is 40.2. The largest absolute Gasteiger partial charge is 0.492 e. The number of nitrogens with zero attached hydrogens (tertiary/aromatic N) is 4. The summed E-state index contributed by atoms with van der Waals surface area (Å²) in [7, 11) is 0. The van der Waals surface area contributed by atoms with Crippen molar-refractivity contribution >= 4 is 11.2 Å². The fraction of sp³-hybridized carbons (Fsp3) is 0.154. The van der Waals surface area contributed by atoms with Crippen LogP contribution in [0.4, 0.5) is 13.2 Å². The molecule has 0 spiro atoms. The molecule has 5 nitrogen and oxygen atoms in total. The SMILES string of the molecule is Oc1ncnc2c1nc(C(F)(F)F)n2Cc1ccccc1. The van der Waals surface area contributed by atoms with E-state index in [-0.39, 0.29) is 17.7 Å². The summed E-state index contributed by atoms with van der Waals surface area (Å²) in [5.74, 6) is -1.69. The Hall–Kier alpha value is -2.64. The first kappa shape index (κ1) is 13.3. The summed E-state index contributed by atoms with van der Waals surface area (Å²) in [5.41, 5.74) is 0.347. The fourth-order valence-corrected chi connectivity index (χ4v) is 2.06. The molecule has 2 heterocycles. The van der Waals surface area contributed by atoms with E-state index in [1.54, 1.807) is 30.3 Å². The topological polar surface area (TPSA) is 63.8 Å². The Morgan fingerprint density at radius 2 is 1.81 bits per heavy atom. The summed E-state index contributed by atoms with van der Waals surface area (Å²) in [6, 6.07) is 8.64. The maximum atomic E-state index is 13.1. The van der Waals surface area contributed by atoms with E-state index in [0.29, 0.717) is 5.56 Å². The van der Waals surface area contributed by atoms with Gasteiger partial charge < -0.3 is 9.67 Å². The molecule has 0 bridgehead atoms. The third-order valence-electron chi connectivity index (χ3n) is 2.95. The lowest BCUT2D eigenvalue weighted by atomic mass is 10.2. The summed E-state index contributed by atoms with van der Waals surface area (Å²) >= 11 is 0. The second kappa shape index (κ2) is 4.72. The average Bonchev–Trinajstić information content (AvgIpc) is 2.80. The summed E-state index contributed by atoms with van der Waals surface area (Å²) in [6.07, 6.45) is -3.65. The van der Waals surface area contributed by atoms with Crippen molar-refractivity contribution in [3.8, 4) is 5.88 Å². The van der Waals surface area contributed by atoms with Crippen LogP contribution in [0.2, 0.25) is 0 Å². The molecular formula is C13H9F3N4O. The minimum Gasteiger partial charge on any atom is -0.492 e. The zero-order chi connectivity index (χ0) is 15.0. The number of aromatic hydroxyl groups is 1. The first-order valence-electron chi connectivity index (χ1n) is 5.98. The summed E-state index contributed by atoms with van der Waals surface area (Å²) in [6.45, 7) is -0.0529. The molecule has 108 valence electrons. The molecule has 1 N–H and O–H groups in total. The van der Waals surface area contributed by atoms with Crippen molar-refractivity contribution in [2.24, 2.45) is 0 Å². The maximum Gasteiger partial charge on any atom is 0.449 e. The second-order valence-corrected chi connectivity index (χ2v) is 4.37. The minimum absolute atomic E-state index is 0.0529. The van der Waals surface area contributed by atoms with E-state index in [1.807, 2.05) is 0 Å². The molecule has 2 aromatic heterocycles. The highest BCUT2D eigenvalue weighted by Gasteiger charge is 2.38. The van der Waals surface area contributed by atoms with Gasteiger partial charge in [0.1, 0.15) is 6.33 Å². The van der Waals surface area contributed by atoms with Crippen LogP contribution in [0.5, 0.6) is 5.88 Å². The molecule has 0 saturated heterocycles. The van der Waals surface area contributed by atoms with Gasteiger partial charge in [-0.05, 0) is 5.56 Å². The van der Waals surface area contributed by atoms with Crippen molar-refractivity contribution in [3.63, 3.8) is 0 Å². The molecule has 0 saturated carbocycles. The number of alkyl halides is 3. The van der Waals surface area contributed by atoms with Gasteiger partial charge in [-0.3, -0.25) is 0 Å². The molecule has 21 heavy (non-hydrogen) atoms. The molecule has 0 aliphatic heterocycles. The van der Waals surface area contributed by atoms with Crippen LogP contribution in [-0.2, 0) is 12.7 Å². The predicted molar refractivity (Wildman–Crippen MR) is 67.5 cm³/mol. The van der Waals surface area contributed by atoms with Gasteiger partial charge in [-0.25, -0.2) is 9.97 Å². The van der Waals surface area contributed by atoms with E-state index < -0.39 is 17.9 Å². The smallest absolute Gasteiger partial charge is 0.449 e. The Balaban J connectivity index is 2.21. The van der Waals surface area contributed by atoms with Gasteiger partial charge in [-0.1, -0.05) is 30.3 Å². The lowest BCUT2D eigenvalue weighted by Gasteiger charge is -2.10. The van der Waals surface area contributed by atoms with Crippen LogP contribution in [-0.4, -0.2) is 24.6 Å². The van der Waals surface area contributed by atoms with Crippen molar-refractivity contribution in [2.75, 3.05) is 0 Å². The predicted octanol–water partition coefficient (Wildman–Crippen LogP) is 2.60. The average molecular weight is 294 g/mol. The Labute approximate surface area is 116 Å². The molecular weight excluding hydrogens is 285 g/mol. The Kier molecular flexibility index (Phi) is 3.00. The lowest BCUT2D eigenvalue weighted by molar-refractivity contribution is -0.146. The van der Waals surface area contributed by atoms with E-state index in [4.69, 9.17) is 0 Å². The first-order chi connectivity index (χ1) is 9.97. The Morgan fingerprint density at radius 1 is 1.10 bits per heavy atom. The van der Waals surface area contributed by atoms with E-state index >= 15 is 0 Å². The van der Waals surface area contributed by atoms with Crippen LogP contribution in [0.15, 0.2) is 36.7 Å². The quantitative estimate of drug-likeness (QED) is 0.789. The summed E-state index contributed by atoms with van der Waals surface area (Å²) in [4.78, 5) is 10.7. The molecule has 0 unspecified atom stereocenters.